The van der Waals surface area contributed by atoms with Crippen LogP contribution in [0.5, 0.6) is 5.75 Å². The number of carbonyl (C=O) groups is 1. The third-order valence-electron chi connectivity index (χ3n) is 2.37. The highest BCUT2D eigenvalue weighted by Crippen LogP contribution is 2.30. The van der Waals surface area contributed by atoms with Crippen LogP contribution in [0.15, 0.2) is 29.0 Å². The molecule has 0 spiro atoms. The molecular formula is C12H9BrClN3O2. The molecule has 0 aliphatic rings. The van der Waals surface area contributed by atoms with Crippen LogP contribution in [0.2, 0.25) is 5.15 Å². The summed E-state index contributed by atoms with van der Waals surface area (Å²) in [6.07, 6.45) is 1.90. The molecule has 0 saturated heterocycles. The average molecular weight is 343 g/mol. The summed E-state index contributed by atoms with van der Waals surface area (Å²) in [5.74, 6) is 1.01. The molecule has 0 bridgehead atoms. The van der Waals surface area contributed by atoms with Crippen molar-refractivity contribution < 1.29 is 9.53 Å². The summed E-state index contributed by atoms with van der Waals surface area (Å²) < 4.78 is 6.02. The summed E-state index contributed by atoms with van der Waals surface area (Å²) in [6, 6.07) is 5.41. The number of methoxy groups -OCH3 is 1. The van der Waals surface area contributed by atoms with E-state index in [1.165, 1.54) is 6.33 Å². The third-order valence-corrected chi connectivity index (χ3v) is 3.32. The van der Waals surface area contributed by atoms with Crippen molar-refractivity contribution in [2.75, 3.05) is 12.4 Å². The van der Waals surface area contributed by atoms with Crippen molar-refractivity contribution in [2.45, 2.75) is 0 Å². The van der Waals surface area contributed by atoms with Crippen molar-refractivity contribution in [1.82, 2.24) is 9.97 Å². The lowest BCUT2D eigenvalue weighted by molar-refractivity contribution is 0.112. The van der Waals surface area contributed by atoms with Crippen LogP contribution in [-0.2, 0) is 0 Å². The molecule has 1 heterocycles. The molecule has 0 unspecified atom stereocenters. The van der Waals surface area contributed by atoms with E-state index in [-0.39, 0.29) is 10.7 Å². The second kappa shape index (κ2) is 5.99. The van der Waals surface area contributed by atoms with Gasteiger partial charge in [0.1, 0.15) is 23.0 Å². The lowest BCUT2D eigenvalue weighted by Gasteiger charge is -2.10. The standard InChI is InChI=1S/C12H9BrClN3O2/c1-19-10-4-7(2-3-9(10)13)17-12-8(5-18)11(14)15-6-16-12/h2-6H,1H3,(H,15,16,17). The van der Waals surface area contributed by atoms with E-state index in [0.29, 0.717) is 17.9 Å². The van der Waals surface area contributed by atoms with Gasteiger partial charge in [-0.2, -0.15) is 0 Å². The van der Waals surface area contributed by atoms with Gasteiger partial charge in [0.15, 0.2) is 6.29 Å². The number of aromatic nitrogens is 2. The van der Waals surface area contributed by atoms with Crippen LogP contribution in [-0.4, -0.2) is 23.4 Å². The van der Waals surface area contributed by atoms with Crippen molar-refractivity contribution in [3.63, 3.8) is 0 Å². The first-order valence-corrected chi connectivity index (χ1v) is 6.39. The molecule has 0 aliphatic heterocycles. The van der Waals surface area contributed by atoms with Gasteiger partial charge in [0.25, 0.3) is 0 Å². The van der Waals surface area contributed by atoms with Gasteiger partial charge in [-0.25, -0.2) is 9.97 Å². The second-order valence-electron chi connectivity index (χ2n) is 3.52. The molecule has 1 aromatic carbocycles. The van der Waals surface area contributed by atoms with E-state index in [4.69, 9.17) is 16.3 Å². The summed E-state index contributed by atoms with van der Waals surface area (Å²) in [5, 5.41) is 3.11. The van der Waals surface area contributed by atoms with Gasteiger partial charge in [0.05, 0.1) is 17.1 Å². The topological polar surface area (TPSA) is 64.1 Å². The molecule has 0 atom stereocenters. The lowest BCUT2D eigenvalue weighted by Crippen LogP contribution is -2.00. The summed E-state index contributed by atoms with van der Waals surface area (Å²) in [4.78, 5) is 18.7. The Kier molecular flexibility index (Phi) is 4.34. The molecule has 0 amide bonds. The van der Waals surface area contributed by atoms with Crippen LogP contribution in [0.25, 0.3) is 0 Å². The zero-order valence-electron chi connectivity index (χ0n) is 9.85. The van der Waals surface area contributed by atoms with E-state index in [1.807, 2.05) is 12.1 Å². The number of anilines is 2. The maximum atomic E-state index is 11.0. The zero-order chi connectivity index (χ0) is 13.8. The Labute approximate surface area is 123 Å². The highest BCUT2D eigenvalue weighted by atomic mass is 79.9. The first kappa shape index (κ1) is 13.8. The summed E-state index contributed by atoms with van der Waals surface area (Å²) in [5.41, 5.74) is 0.934. The number of halogens is 2. The van der Waals surface area contributed by atoms with E-state index in [9.17, 15) is 4.79 Å². The Morgan fingerprint density at radius 3 is 2.89 bits per heavy atom. The number of ether oxygens (including phenoxy) is 1. The maximum absolute atomic E-state index is 11.0. The number of hydrogen-bond acceptors (Lipinski definition) is 5. The first-order valence-electron chi connectivity index (χ1n) is 5.22. The predicted octanol–water partition coefficient (Wildman–Crippen LogP) is 3.46. The van der Waals surface area contributed by atoms with E-state index in [1.54, 1.807) is 13.2 Å². The minimum atomic E-state index is 0.108. The Morgan fingerprint density at radius 2 is 2.21 bits per heavy atom. The smallest absolute Gasteiger partial charge is 0.156 e. The molecule has 7 heteroatoms. The Hall–Kier alpha value is -1.66. The lowest BCUT2D eigenvalue weighted by atomic mass is 10.2. The summed E-state index contributed by atoms with van der Waals surface area (Å²) in [6.45, 7) is 0. The normalized spacial score (nSPS) is 10.1. The Morgan fingerprint density at radius 1 is 1.42 bits per heavy atom. The molecule has 1 N–H and O–H groups in total. The van der Waals surface area contributed by atoms with Crippen LogP contribution < -0.4 is 10.1 Å². The van der Waals surface area contributed by atoms with Crippen molar-refractivity contribution in [2.24, 2.45) is 0 Å². The fourth-order valence-corrected chi connectivity index (χ4v) is 2.04. The minimum absolute atomic E-state index is 0.108. The number of aldehydes is 1. The number of nitrogens with one attached hydrogen (secondary N) is 1. The molecule has 0 aliphatic carbocycles. The first-order chi connectivity index (χ1) is 9.15. The van der Waals surface area contributed by atoms with Crippen molar-refractivity contribution in [3.8, 4) is 5.75 Å². The van der Waals surface area contributed by atoms with Crippen LogP contribution >= 0.6 is 27.5 Å². The maximum Gasteiger partial charge on any atom is 0.156 e. The number of rotatable bonds is 4. The number of nitrogens with zero attached hydrogens (tertiary/aromatic N) is 2. The van der Waals surface area contributed by atoms with Gasteiger partial charge in [-0.3, -0.25) is 4.79 Å². The highest BCUT2D eigenvalue weighted by Gasteiger charge is 2.10. The molecule has 98 valence electrons. The zero-order valence-corrected chi connectivity index (χ0v) is 12.2. The van der Waals surface area contributed by atoms with E-state index in [0.717, 1.165) is 10.2 Å². The number of carbonyl (C=O) groups excluding carboxylic acids is 1. The fourth-order valence-electron chi connectivity index (χ4n) is 1.45. The third kappa shape index (κ3) is 3.02. The van der Waals surface area contributed by atoms with Gasteiger partial charge in [-0.05, 0) is 28.1 Å². The minimum Gasteiger partial charge on any atom is -0.495 e. The quantitative estimate of drug-likeness (QED) is 0.681. The van der Waals surface area contributed by atoms with Crippen molar-refractivity contribution >= 4 is 45.3 Å². The molecular weight excluding hydrogens is 334 g/mol. The fraction of sp³-hybridized carbons (Fsp3) is 0.0833. The molecule has 19 heavy (non-hydrogen) atoms. The molecule has 2 aromatic rings. The van der Waals surface area contributed by atoms with Crippen molar-refractivity contribution in [3.05, 3.63) is 39.7 Å². The van der Waals surface area contributed by atoms with Gasteiger partial charge in [-0.15, -0.1) is 0 Å². The number of benzene rings is 1. The second-order valence-corrected chi connectivity index (χ2v) is 4.73. The van der Waals surface area contributed by atoms with E-state index < -0.39 is 0 Å². The monoisotopic (exact) mass is 341 g/mol. The van der Waals surface area contributed by atoms with E-state index in [2.05, 4.69) is 31.2 Å². The predicted molar refractivity (Wildman–Crippen MR) is 76.4 cm³/mol. The van der Waals surface area contributed by atoms with Gasteiger partial charge in [0.2, 0.25) is 0 Å². The van der Waals surface area contributed by atoms with Crippen LogP contribution in [0.4, 0.5) is 11.5 Å². The largest absolute Gasteiger partial charge is 0.495 e. The Balaban J connectivity index is 2.36. The summed E-state index contributed by atoms with van der Waals surface area (Å²) in [7, 11) is 1.57. The Bertz CT molecular complexity index is 622. The van der Waals surface area contributed by atoms with Crippen LogP contribution in [0, 0.1) is 0 Å². The van der Waals surface area contributed by atoms with Crippen molar-refractivity contribution in [1.29, 1.82) is 0 Å². The van der Waals surface area contributed by atoms with Gasteiger partial charge >= 0.3 is 0 Å². The van der Waals surface area contributed by atoms with Crippen LogP contribution in [0.1, 0.15) is 10.4 Å². The van der Waals surface area contributed by atoms with Gasteiger partial charge in [-0.1, -0.05) is 11.6 Å². The molecule has 2 rings (SSSR count). The van der Waals surface area contributed by atoms with E-state index >= 15 is 0 Å². The van der Waals surface area contributed by atoms with Crippen LogP contribution in [0.3, 0.4) is 0 Å². The SMILES string of the molecule is COc1cc(Nc2ncnc(Cl)c2C=O)ccc1Br. The average Bonchev–Trinajstić information content (AvgIpc) is 2.41. The number of hydrogen-bond donors (Lipinski definition) is 1. The molecule has 0 saturated carbocycles. The van der Waals surface area contributed by atoms with Gasteiger partial charge < -0.3 is 10.1 Å². The van der Waals surface area contributed by atoms with Gasteiger partial charge in [0, 0.05) is 11.8 Å². The molecule has 5 nitrogen and oxygen atoms in total. The molecule has 1 aromatic heterocycles. The molecule has 0 radical (unpaired) electrons. The highest BCUT2D eigenvalue weighted by molar-refractivity contribution is 9.10. The molecule has 0 fully saturated rings. The summed E-state index contributed by atoms with van der Waals surface area (Å²) >= 11 is 9.19.